The van der Waals surface area contributed by atoms with Crippen LogP contribution in [0.25, 0.3) is 0 Å². The second-order valence-electron chi connectivity index (χ2n) is 2.61. The molecule has 94 valence electrons. The summed E-state index contributed by atoms with van der Waals surface area (Å²) in [7, 11) is 1.38. The third kappa shape index (κ3) is 7.02. The molecule has 0 bridgehead atoms. The van der Waals surface area contributed by atoms with Gasteiger partial charge < -0.3 is 20.1 Å². The van der Waals surface area contributed by atoms with Crippen LogP contribution in [0.2, 0.25) is 0 Å². The first-order valence-electron chi connectivity index (χ1n) is 4.32. The number of ether oxygens (including phenoxy) is 2. The van der Waals surface area contributed by atoms with Crippen LogP contribution in [0.4, 0.5) is 4.79 Å². The molecular weight excluding hydrogens is 240 g/mol. The molecule has 0 unspecified atom stereocenters. The lowest BCUT2D eigenvalue weighted by molar-refractivity contribution is -0.145. The fourth-order valence-corrected chi connectivity index (χ4v) is 0.710. The summed E-state index contributed by atoms with van der Waals surface area (Å²) < 4.78 is 8.59. The quantitative estimate of drug-likeness (QED) is 0.538. The van der Waals surface area contributed by atoms with Gasteiger partial charge in [0.25, 0.3) is 0 Å². The number of amides is 1. The molecule has 0 aromatic rings. The summed E-state index contributed by atoms with van der Waals surface area (Å²) in [4.78, 5) is 33.7. The maximum Gasteiger partial charge on any atom is 0.516 e. The van der Waals surface area contributed by atoms with Crippen molar-refractivity contribution in [3.8, 4) is 0 Å². The van der Waals surface area contributed by atoms with Crippen molar-refractivity contribution < 1.29 is 23.9 Å². The predicted octanol–water partition coefficient (Wildman–Crippen LogP) is -0.475. The van der Waals surface area contributed by atoms with E-state index in [4.69, 9.17) is 5.73 Å². The van der Waals surface area contributed by atoms with E-state index in [-0.39, 0.29) is 32.1 Å². The van der Waals surface area contributed by atoms with Gasteiger partial charge in [-0.2, -0.15) is 0 Å². The molecule has 0 heterocycles. The summed E-state index contributed by atoms with van der Waals surface area (Å²) in [6, 6.07) is 0. The van der Waals surface area contributed by atoms with Crippen molar-refractivity contribution in [2.75, 3.05) is 26.7 Å². The molecule has 0 spiro atoms. The van der Waals surface area contributed by atoms with E-state index in [0.29, 0.717) is 0 Å². The van der Waals surface area contributed by atoms with Crippen LogP contribution in [0.15, 0.2) is 0 Å². The van der Waals surface area contributed by atoms with Crippen molar-refractivity contribution in [3.05, 3.63) is 0 Å². The number of esters is 1. The molecule has 0 atom stereocenters. The average Bonchev–Trinajstić information content (AvgIpc) is 2.16. The highest BCUT2D eigenvalue weighted by atomic mass is 35.5. The molecule has 0 aliphatic rings. The molecule has 0 saturated heterocycles. The van der Waals surface area contributed by atoms with Gasteiger partial charge in [0, 0.05) is 7.05 Å². The lowest BCUT2D eigenvalue weighted by Gasteiger charge is -2.14. The normalized spacial score (nSPS) is 8.69. The zero-order valence-electron chi connectivity index (χ0n) is 9.10. The monoisotopic (exact) mass is 254 g/mol. The Morgan fingerprint density at radius 1 is 1.31 bits per heavy atom. The lowest BCUT2D eigenvalue weighted by Crippen LogP contribution is -2.37. The molecule has 0 radical (unpaired) electrons. The minimum atomic E-state index is -1.07. The first kappa shape index (κ1) is 17.1. The lowest BCUT2D eigenvalue weighted by atomic mass is 10.5. The van der Waals surface area contributed by atoms with E-state index >= 15 is 0 Å². The molecule has 8 heteroatoms. The van der Waals surface area contributed by atoms with Crippen LogP contribution in [-0.4, -0.2) is 49.7 Å². The number of rotatable bonds is 4. The van der Waals surface area contributed by atoms with Gasteiger partial charge in [0.05, 0.1) is 13.2 Å². The average molecular weight is 255 g/mol. The number of carbonyl (C=O) groups excluding carboxylic acids is 3. The van der Waals surface area contributed by atoms with Gasteiger partial charge in [-0.3, -0.25) is 4.79 Å². The minimum Gasteiger partial charge on any atom is -0.434 e. The zero-order chi connectivity index (χ0) is 11.8. The van der Waals surface area contributed by atoms with E-state index in [1.807, 2.05) is 0 Å². The smallest absolute Gasteiger partial charge is 0.434 e. The van der Waals surface area contributed by atoms with Gasteiger partial charge in [-0.25, -0.2) is 9.59 Å². The van der Waals surface area contributed by atoms with Crippen LogP contribution in [0, 0.1) is 0 Å². The van der Waals surface area contributed by atoms with E-state index in [9.17, 15) is 14.4 Å². The summed E-state index contributed by atoms with van der Waals surface area (Å²) in [5.41, 5.74) is 5.06. The largest absolute Gasteiger partial charge is 0.516 e. The highest BCUT2D eigenvalue weighted by molar-refractivity contribution is 5.87. The van der Waals surface area contributed by atoms with Crippen LogP contribution in [0.3, 0.4) is 0 Å². The molecule has 0 aliphatic heterocycles. The number of carbonyl (C=O) groups is 3. The van der Waals surface area contributed by atoms with Crippen LogP contribution in [0.5, 0.6) is 0 Å². The first-order valence-corrected chi connectivity index (χ1v) is 4.32. The number of hydrogen-bond acceptors (Lipinski definition) is 6. The van der Waals surface area contributed by atoms with Gasteiger partial charge in [-0.05, 0) is 6.92 Å². The second kappa shape index (κ2) is 8.93. The van der Waals surface area contributed by atoms with Gasteiger partial charge in [0.1, 0.15) is 6.54 Å². The number of nitrogens with two attached hydrogens (primary N) is 1. The summed E-state index contributed by atoms with van der Waals surface area (Å²) in [5.74, 6) is -1.28. The van der Waals surface area contributed by atoms with Crippen LogP contribution in [0.1, 0.15) is 6.92 Å². The molecule has 0 aromatic heterocycles. The molecule has 0 fully saturated rings. The Hall–Kier alpha value is -1.34. The molecule has 7 nitrogen and oxygen atoms in total. The molecule has 0 rings (SSSR count). The van der Waals surface area contributed by atoms with Gasteiger partial charge in [0.2, 0.25) is 5.91 Å². The maximum atomic E-state index is 11.0. The standard InChI is InChI=1S/C8H14N2O5.ClH/c1-3-14-8(13)15-7(12)5-10(2)6(11)4-9;/h3-5,9H2,1-2H3;1H. The van der Waals surface area contributed by atoms with Crippen LogP contribution < -0.4 is 5.73 Å². The fraction of sp³-hybridized carbons (Fsp3) is 0.625. The highest BCUT2D eigenvalue weighted by Gasteiger charge is 2.15. The molecule has 1 amide bonds. The number of likely N-dealkylation sites (N-methyl/N-ethyl adjacent to an activating group) is 1. The summed E-state index contributed by atoms with van der Waals surface area (Å²) in [6.45, 7) is 1.15. The summed E-state index contributed by atoms with van der Waals surface area (Å²) in [6.07, 6.45) is -1.07. The van der Waals surface area contributed by atoms with Crippen molar-refractivity contribution in [2.45, 2.75) is 6.92 Å². The molecular formula is C8H15ClN2O5. The second-order valence-corrected chi connectivity index (χ2v) is 2.61. The first-order chi connectivity index (χ1) is 7.01. The Bertz CT molecular complexity index is 259. The Balaban J connectivity index is 0. The van der Waals surface area contributed by atoms with E-state index < -0.39 is 18.0 Å². The molecule has 16 heavy (non-hydrogen) atoms. The van der Waals surface area contributed by atoms with Crippen molar-refractivity contribution >= 4 is 30.4 Å². The minimum absolute atomic E-state index is 0. The topological polar surface area (TPSA) is 98.9 Å². The Morgan fingerprint density at radius 2 is 1.88 bits per heavy atom. The molecule has 0 aliphatic carbocycles. The predicted molar refractivity (Wildman–Crippen MR) is 57.1 cm³/mol. The third-order valence-electron chi connectivity index (χ3n) is 1.43. The van der Waals surface area contributed by atoms with Crippen molar-refractivity contribution in [1.82, 2.24) is 4.90 Å². The van der Waals surface area contributed by atoms with Gasteiger partial charge in [0.15, 0.2) is 0 Å². The van der Waals surface area contributed by atoms with Gasteiger partial charge in [-0.15, -0.1) is 12.4 Å². The van der Waals surface area contributed by atoms with E-state index in [2.05, 4.69) is 9.47 Å². The van der Waals surface area contributed by atoms with Crippen molar-refractivity contribution in [1.29, 1.82) is 0 Å². The van der Waals surface area contributed by atoms with E-state index in [1.165, 1.54) is 7.05 Å². The number of nitrogens with zero attached hydrogens (tertiary/aromatic N) is 1. The Labute approximate surface area is 99.3 Å². The maximum absolute atomic E-state index is 11.0. The highest BCUT2D eigenvalue weighted by Crippen LogP contribution is 1.90. The van der Waals surface area contributed by atoms with Gasteiger partial charge in [-0.1, -0.05) is 0 Å². The summed E-state index contributed by atoms with van der Waals surface area (Å²) >= 11 is 0. The Morgan fingerprint density at radius 3 is 2.31 bits per heavy atom. The molecule has 0 saturated carbocycles. The van der Waals surface area contributed by atoms with Crippen molar-refractivity contribution in [3.63, 3.8) is 0 Å². The fourth-order valence-electron chi connectivity index (χ4n) is 0.710. The van der Waals surface area contributed by atoms with Crippen LogP contribution in [-0.2, 0) is 19.1 Å². The van der Waals surface area contributed by atoms with Crippen LogP contribution >= 0.6 is 12.4 Å². The SMILES string of the molecule is CCOC(=O)OC(=O)CN(C)C(=O)CN.Cl. The number of halogens is 1. The molecule has 0 aromatic carbocycles. The zero-order valence-corrected chi connectivity index (χ0v) is 9.91. The summed E-state index contributed by atoms with van der Waals surface area (Å²) in [5, 5.41) is 0. The molecule has 2 N–H and O–H groups in total. The van der Waals surface area contributed by atoms with Crippen molar-refractivity contribution in [2.24, 2.45) is 5.73 Å². The van der Waals surface area contributed by atoms with E-state index in [1.54, 1.807) is 6.92 Å². The van der Waals surface area contributed by atoms with Gasteiger partial charge >= 0.3 is 12.1 Å². The Kier molecular flexibility index (Phi) is 9.52. The number of hydrogen-bond donors (Lipinski definition) is 1. The van der Waals surface area contributed by atoms with E-state index in [0.717, 1.165) is 4.90 Å². The third-order valence-corrected chi connectivity index (χ3v) is 1.43.